The third-order valence-corrected chi connectivity index (χ3v) is 3.15. The molecule has 0 aromatic heterocycles. The number of anilines is 2. The largest absolute Gasteiger partial charge is 0.491 e. The zero-order chi connectivity index (χ0) is 17.2. The molecule has 0 bridgehead atoms. The van der Waals surface area contributed by atoms with Crippen molar-refractivity contribution >= 4 is 17.3 Å². The van der Waals surface area contributed by atoms with E-state index in [0.717, 1.165) is 0 Å². The first kappa shape index (κ1) is 17.7. The number of halogens is 1. The topological polar surface area (TPSA) is 59.6 Å². The number of amides is 1. The molecule has 0 radical (unpaired) electrons. The molecule has 0 spiro atoms. The van der Waals surface area contributed by atoms with E-state index in [9.17, 15) is 9.18 Å². The van der Waals surface area contributed by atoms with Gasteiger partial charge in [-0.05, 0) is 43.3 Å². The van der Waals surface area contributed by atoms with Gasteiger partial charge in [-0.15, -0.1) is 0 Å². The maximum atomic E-state index is 13.4. The fourth-order valence-electron chi connectivity index (χ4n) is 1.98. The van der Waals surface area contributed by atoms with Crippen molar-refractivity contribution in [3.63, 3.8) is 0 Å². The van der Waals surface area contributed by atoms with E-state index in [-0.39, 0.29) is 18.3 Å². The minimum atomic E-state index is -0.390. The highest BCUT2D eigenvalue weighted by atomic mass is 19.1. The molecule has 2 aromatic rings. The Hall–Kier alpha value is -2.60. The average Bonchev–Trinajstić information content (AvgIpc) is 2.59. The fourth-order valence-corrected chi connectivity index (χ4v) is 1.98. The van der Waals surface area contributed by atoms with Crippen LogP contribution in [0.4, 0.5) is 15.8 Å². The maximum absolute atomic E-state index is 13.4. The van der Waals surface area contributed by atoms with Crippen molar-refractivity contribution in [3.8, 4) is 5.75 Å². The first-order valence-electron chi connectivity index (χ1n) is 7.78. The Morgan fingerprint density at radius 1 is 1.08 bits per heavy atom. The van der Waals surface area contributed by atoms with Crippen LogP contribution in [0.25, 0.3) is 0 Å². The fraction of sp³-hybridized carbons (Fsp3) is 0.278. The van der Waals surface area contributed by atoms with Gasteiger partial charge in [-0.2, -0.15) is 0 Å². The number of hydrogen-bond acceptors (Lipinski definition) is 4. The van der Waals surface area contributed by atoms with E-state index in [1.807, 2.05) is 6.92 Å². The van der Waals surface area contributed by atoms with Gasteiger partial charge in [0.2, 0.25) is 5.91 Å². The third-order valence-electron chi connectivity index (χ3n) is 3.15. The van der Waals surface area contributed by atoms with E-state index in [1.165, 1.54) is 6.07 Å². The van der Waals surface area contributed by atoms with Crippen LogP contribution in [0.15, 0.2) is 48.5 Å². The molecule has 5 nitrogen and oxygen atoms in total. The summed E-state index contributed by atoms with van der Waals surface area (Å²) in [6, 6.07) is 13.2. The average molecular weight is 332 g/mol. The molecule has 2 N–H and O–H groups in total. The van der Waals surface area contributed by atoms with Crippen LogP contribution in [0.3, 0.4) is 0 Å². The molecule has 1 amide bonds. The summed E-state index contributed by atoms with van der Waals surface area (Å²) in [5.41, 5.74) is 0.943. The van der Waals surface area contributed by atoms with Gasteiger partial charge in [0.25, 0.3) is 0 Å². The van der Waals surface area contributed by atoms with Crippen LogP contribution in [0.5, 0.6) is 5.75 Å². The van der Waals surface area contributed by atoms with Crippen LogP contribution in [0.1, 0.15) is 6.92 Å². The monoisotopic (exact) mass is 332 g/mol. The normalized spacial score (nSPS) is 10.2. The van der Waals surface area contributed by atoms with E-state index >= 15 is 0 Å². The van der Waals surface area contributed by atoms with Crippen molar-refractivity contribution in [2.45, 2.75) is 6.92 Å². The quantitative estimate of drug-likeness (QED) is 0.692. The van der Waals surface area contributed by atoms with Gasteiger partial charge in [0.05, 0.1) is 18.8 Å². The smallest absolute Gasteiger partial charge is 0.243 e. The van der Waals surface area contributed by atoms with Crippen molar-refractivity contribution in [2.75, 3.05) is 37.0 Å². The highest BCUT2D eigenvalue weighted by Gasteiger charge is 2.05. The zero-order valence-corrected chi connectivity index (χ0v) is 13.5. The predicted molar refractivity (Wildman–Crippen MR) is 91.9 cm³/mol. The van der Waals surface area contributed by atoms with Gasteiger partial charge in [-0.25, -0.2) is 4.39 Å². The van der Waals surface area contributed by atoms with Gasteiger partial charge >= 0.3 is 0 Å². The van der Waals surface area contributed by atoms with Crippen LogP contribution in [-0.4, -0.2) is 32.3 Å². The summed E-state index contributed by atoms with van der Waals surface area (Å²) >= 11 is 0. The van der Waals surface area contributed by atoms with E-state index in [4.69, 9.17) is 9.47 Å². The maximum Gasteiger partial charge on any atom is 0.243 e. The summed E-state index contributed by atoms with van der Waals surface area (Å²) < 4.78 is 24.1. The Bertz CT molecular complexity index is 647. The van der Waals surface area contributed by atoms with Crippen LogP contribution < -0.4 is 15.4 Å². The number of carbonyl (C=O) groups is 1. The molecule has 0 aliphatic heterocycles. The Balaban J connectivity index is 1.76. The molecule has 24 heavy (non-hydrogen) atoms. The number of carbonyl (C=O) groups excluding carboxylic acids is 1. The highest BCUT2D eigenvalue weighted by molar-refractivity contribution is 5.93. The van der Waals surface area contributed by atoms with E-state index in [0.29, 0.717) is 36.9 Å². The molecule has 0 aliphatic carbocycles. The summed E-state index contributed by atoms with van der Waals surface area (Å²) in [4.78, 5) is 11.9. The minimum Gasteiger partial charge on any atom is -0.491 e. The van der Waals surface area contributed by atoms with Crippen molar-refractivity contribution in [2.24, 2.45) is 0 Å². The molecule has 0 saturated heterocycles. The van der Waals surface area contributed by atoms with Gasteiger partial charge in [0.1, 0.15) is 18.2 Å². The Labute approximate surface area is 140 Å². The third kappa shape index (κ3) is 5.89. The molecular formula is C18H21FN2O3. The van der Waals surface area contributed by atoms with Crippen molar-refractivity contribution in [3.05, 3.63) is 54.3 Å². The lowest BCUT2D eigenvalue weighted by Gasteiger charge is -2.10. The van der Waals surface area contributed by atoms with Gasteiger partial charge < -0.3 is 20.1 Å². The molecular weight excluding hydrogens is 311 g/mol. The summed E-state index contributed by atoms with van der Waals surface area (Å²) in [6.07, 6.45) is 0. The molecule has 2 rings (SSSR count). The van der Waals surface area contributed by atoms with Crippen molar-refractivity contribution < 1.29 is 18.7 Å². The number of hydrogen-bond donors (Lipinski definition) is 2. The number of ether oxygens (including phenoxy) is 2. The van der Waals surface area contributed by atoms with Crippen molar-refractivity contribution in [1.29, 1.82) is 0 Å². The number of nitrogens with one attached hydrogen (secondary N) is 2. The van der Waals surface area contributed by atoms with Crippen LogP contribution >= 0.6 is 0 Å². The van der Waals surface area contributed by atoms with Crippen molar-refractivity contribution in [1.82, 2.24) is 0 Å². The lowest BCUT2D eigenvalue weighted by Crippen LogP contribution is -2.22. The molecule has 0 heterocycles. The van der Waals surface area contributed by atoms with Gasteiger partial charge in [0.15, 0.2) is 0 Å². The van der Waals surface area contributed by atoms with Gasteiger partial charge in [0, 0.05) is 12.3 Å². The summed E-state index contributed by atoms with van der Waals surface area (Å²) in [7, 11) is 0. The zero-order valence-electron chi connectivity index (χ0n) is 13.5. The molecule has 0 saturated carbocycles. The minimum absolute atomic E-state index is 0.0203. The lowest BCUT2D eigenvalue weighted by atomic mass is 10.3. The summed E-state index contributed by atoms with van der Waals surface area (Å²) in [6.45, 7) is 3.59. The Morgan fingerprint density at radius 2 is 1.83 bits per heavy atom. The lowest BCUT2D eigenvalue weighted by molar-refractivity contribution is -0.114. The predicted octanol–water partition coefficient (Wildman–Crippen LogP) is 3.29. The first-order chi connectivity index (χ1) is 11.7. The second kappa shape index (κ2) is 9.52. The van der Waals surface area contributed by atoms with E-state index in [1.54, 1.807) is 42.5 Å². The first-order valence-corrected chi connectivity index (χ1v) is 7.78. The Morgan fingerprint density at radius 3 is 2.54 bits per heavy atom. The highest BCUT2D eigenvalue weighted by Crippen LogP contribution is 2.16. The van der Waals surface area contributed by atoms with Crippen LogP contribution in [-0.2, 0) is 9.53 Å². The number of benzene rings is 2. The standard InChI is InChI=1S/C18H21FN2O3/c1-2-23-11-12-24-15-9-7-14(8-10-15)21-18(22)13-20-17-6-4-3-5-16(17)19/h3-10,20H,2,11-13H2,1H3,(H,21,22). The Kier molecular flexibility index (Phi) is 7.04. The van der Waals surface area contributed by atoms with E-state index < -0.39 is 0 Å². The summed E-state index contributed by atoms with van der Waals surface area (Å²) in [5, 5.41) is 5.49. The van der Waals surface area contributed by atoms with Gasteiger partial charge in [-0.3, -0.25) is 4.79 Å². The molecule has 6 heteroatoms. The molecule has 128 valence electrons. The number of rotatable bonds is 9. The second-order valence-corrected chi connectivity index (χ2v) is 4.95. The molecule has 2 aromatic carbocycles. The van der Waals surface area contributed by atoms with Crippen LogP contribution in [0.2, 0.25) is 0 Å². The van der Waals surface area contributed by atoms with Crippen LogP contribution in [0, 0.1) is 5.82 Å². The molecule has 0 aliphatic rings. The van der Waals surface area contributed by atoms with Gasteiger partial charge in [-0.1, -0.05) is 12.1 Å². The summed E-state index contributed by atoms with van der Waals surface area (Å²) in [5.74, 6) is 0.0549. The number of para-hydroxylation sites is 1. The second-order valence-electron chi connectivity index (χ2n) is 4.95. The molecule has 0 fully saturated rings. The molecule has 0 unspecified atom stereocenters. The molecule has 0 atom stereocenters. The SMILES string of the molecule is CCOCCOc1ccc(NC(=O)CNc2ccccc2F)cc1. The van der Waals surface area contributed by atoms with E-state index in [2.05, 4.69) is 10.6 Å².